The summed E-state index contributed by atoms with van der Waals surface area (Å²) in [7, 11) is 0. The van der Waals surface area contributed by atoms with Gasteiger partial charge in [0.15, 0.2) is 0 Å². The standard InChI is InChI=1S/C16H21N3O/c20-12-16(8-4-1-5-9-16)11-18-15-10-17-13-6-2-3-7-14(13)19-15/h2-3,6-7,10,20H,1,4-5,8-9,11-12H2,(H,18,19). The van der Waals surface area contributed by atoms with Gasteiger partial charge in [0, 0.05) is 12.0 Å². The van der Waals surface area contributed by atoms with Crippen LogP contribution >= 0.6 is 0 Å². The van der Waals surface area contributed by atoms with Crippen LogP contribution in [0, 0.1) is 5.41 Å². The molecule has 3 rings (SSSR count). The van der Waals surface area contributed by atoms with Crippen molar-refractivity contribution in [1.29, 1.82) is 0 Å². The second-order valence-corrected chi connectivity index (χ2v) is 5.82. The largest absolute Gasteiger partial charge is 0.396 e. The Morgan fingerprint density at radius 1 is 1.10 bits per heavy atom. The molecule has 106 valence electrons. The summed E-state index contributed by atoms with van der Waals surface area (Å²) in [6.45, 7) is 1.03. The number of aliphatic hydroxyl groups excluding tert-OH is 1. The molecule has 1 aliphatic carbocycles. The van der Waals surface area contributed by atoms with Crippen LogP contribution in [-0.2, 0) is 0 Å². The van der Waals surface area contributed by atoms with E-state index < -0.39 is 0 Å². The molecule has 0 bridgehead atoms. The van der Waals surface area contributed by atoms with E-state index in [4.69, 9.17) is 0 Å². The Hall–Kier alpha value is -1.68. The Morgan fingerprint density at radius 2 is 1.85 bits per heavy atom. The Labute approximate surface area is 119 Å². The van der Waals surface area contributed by atoms with E-state index in [0.29, 0.717) is 0 Å². The summed E-state index contributed by atoms with van der Waals surface area (Å²) in [6.07, 6.45) is 7.68. The average molecular weight is 271 g/mol. The van der Waals surface area contributed by atoms with E-state index in [1.54, 1.807) is 6.20 Å². The smallest absolute Gasteiger partial charge is 0.145 e. The number of hydrogen-bond donors (Lipinski definition) is 2. The molecule has 4 nitrogen and oxygen atoms in total. The highest BCUT2D eigenvalue weighted by atomic mass is 16.3. The summed E-state index contributed by atoms with van der Waals surface area (Å²) >= 11 is 0. The van der Waals surface area contributed by atoms with E-state index >= 15 is 0 Å². The van der Waals surface area contributed by atoms with Crippen LogP contribution in [0.5, 0.6) is 0 Å². The van der Waals surface area contributed by atoms with Gasteiger partial charge in [-0.2, -0.15) is 0 Å². The van der Waals surface area contributed by atoms with Crippen LogP contribution in [0.2, 0.25) is 0 Å². The quantitative estimate of drug-likeness (QED) is 0.897. The highest BCUT2D eigenvalue weighted by Gasteiger charge is 2.31. The van der Waals surface area contributed by atoms with E-state index in [-0.39, 0.29) is 12.0 Å². The van der Waals surface area contributed by atoms with E-state index in [9.17, 15) is 5.11 Å². The van der Waals surface area contributed by atoms with Gasteiger partial charge in [-0.15, -0.1) is 0 Å². The van der Waals surface area contributed by atoms with Crippen molar-refractivity contribution in [2.24, 2.45) is 5.41 Å². The molecular weight excluding hydrogens is 250 g/mol. The van der Waals surface area contributed by atoms with Gasteiger partial charge in [0.1, 0.15) is 5.82 Å². The molecule has 2 aromatic rings. The topological polar surface area (TPSA) is 58.0 Å². The third kappa shape index (κ3) is 2.75. The number of para-hydroxylation sites is 2. The van der Waals surface area contributed by atoms with Crippen molar-refractivity contribution >= 4 is 16.9 Å². The fourth-order valence-electron chi connectivity index (χ4n) is 3.01. The van der Waals surface area contributed by atoms with E-state index in [1.165, 1.54) is 19.3 Å². The first-order valence-corrected chi connectivity index (χ1v) is 7.38. The molecule has 1 fully saturated rings. The number of fused-ring (bicyclic) bond motifs is 1. The zero-order valence-corrected chi connectivity index (χ0v) is 11.7. The minimum atomic E-state index is 0.0194. The first-order valence-electron chi connectivity index (χ1n) is 7.38. The minimum Gasteiger partial charge on any atom is -0.396 e. The Kier molecular flexibility index (Phi) is 3.83. The summed E-state index contributed by atoms with van der Waals surface area (Å²) in [5, 5.41) is 13.1. The SMILES string of the molecule is OCC1(CNc2cnc3ccccc3n2)CCCCC1. The number of nitrogens with zero attached hydrogens (tertiary/aromatic N) is 2. The van der Waals surface area contributed by atoms with E-state index in [1.807, 2.05) is 24.3 Å². The Morgan fingerprint density at radius 3 is 2.60 bits per heavy atom. The maximum absolute atomic E-state index is 9.72. The minimum absolute atomic E-state index is 0.0194. The van der Waals surface area contributed by atoms with Gasteiger partial charge in [-0.25, -0.2) is 4.98 Å². The third-order valence-electron chi connectivity index (χ3n) is 4.34. The van der Waals surface area contributed by atoms with Crippen LogP contribution in [0.3, 0.4) is 0 Å². The molecule has 0 amide bonds. The van der Waals surface area contributed by atoms with Gasteiger partial charge in [0.2, 0.25) is 0 Å². The van der Waals surface area contributed by atoms with Crippen molar-refractivity contribution in [2.45, 2.75) is 32.1 Å². The van der Waals surface area contributed by atoms with Gasteiger partial charge >= 0.3 is 0 Å². The number of anilines is 1. The predicted octanol–water partition coefficient (Wildman–Crippen LogP) is 2.98. The molecule has 1 aromatic heterocycles. The summed E-state index contributed by atoms with van der Waals surface area (Å²) in [5.41, 5.74) is 1.83. The van der Waals surface area contributed by atoms with Crippen molar-refractivity contribution < 1.29 is 5.11 Å². The van der Waals surface area contributed by atoms with Crippen molar-refractivity contribution in [2.75, 3.05) is 18.5 Å². The summed E-state index contributed by atoms with van der Waals surface area (Å²) in [6, 6.07) is 7.86. The molecule has 1 heterocycles. The third-order valence-corrected chi connectivity index (χ3v) is 4.34. The van der Waals surface area contributed by atoms with Crippen molar-refractivity contribution in [3.8, 4) is 0 Å². The fourth-order valence-corrected chi connectivity index (χ4v) is 3.01. The average Bonchev–Trinajstić information content (AvgIpc) is 2.54. The maximum atomic E-state index is 9.72. The fraction of sp³-hybridized carbons (Fsp3) is 0.500. The molecule has 0 spiro atoms. The molecule has 0 radical (unpaired) electrons. The molecule has 0 atom stereocenters. The summed E-state index contributed by atoms with van der Waals surface area (Å²) in [5.74, 6) is 0.794. The van der Waals surface area contributed by atoms with Gasteiger partial charge in [-0.3, -0.25) is 4.98 Å². The number of aliphatic hydroxyl groups is 1. The van der Waals surface area contributed by atoms with Crippen molar-refractivity contribution in [3.05, 3.63) is 30.5 Å². The first kappa shape index (κ1) is 13.3. The Bertz CT molecular complexity index is 579. The molecule has 2 N–H and O–H groups in total. The highest BCUT2D eigenvalue weighted by Crippen LogP contribution is 2.35. The molecule has 0 saturated heterocycles. The second kappa shape index (κ2) is 5.75. The number of rotatable bonds is 4. The van der Waals surface area contributed by atoms with Crippen LogP contribution in [0.15, 0.2) is 30.5 Å². The number of nitrogens with one attached hydrogen (secondary N) is 1. The lowest BCUT2D eigenvalue weighted by Gasteiger charge is -2.35. The van der Waals surface area contributed by atoms with Crippen LogP contribution in [-0.4, -0.2) is 28.2 Å². The van der Waals surface area contributed by atoms with Crippen molar-refractivity contribution in [3.63, 3.8) is 0 Å². The lowest BCUT2D eigenvalue weighted by molar-refractivity contribution is 0.0943. The van der Waals surface area contributed by atoms with Gasteiger partial charge < -0.3 is 10.4 Å². The van der Waals surface area contributed by atoms with Gasteiger partial charge in [0.25, 0.3) is 0 Å². The molecule has 4 heteroatoms. The monoisotopic (exact) mass is 271 g/mol. The maximum Gasteiger partial charge on any atom is 0.145 e. The summed E-state index contributed by atoms with van der Waals surface area (Å²) < 4.78 is 0. The molecule has 0 unspecified atom stereocenters. The molecular formula is C16H21N3O. The number of benzene rings is 1. The molecule has 0 aliphatic heterocycles. The predicted molar refractivity (Wildman–Crippen MR) is 80.6 cm³/mol. The van der Waals surface area contributed by atoms with Crippen molar-refractivity contribution in [1.82, 2.24) is 9.97 Å². The van der Waals surface area contributed by atoms with E-state index in [2.05, 4.69) is 15.3 Å². The molecule has 1 aliphatic rings. The Balaban J connectivity index is 1.72. The number of hydrogen-bond acceptors (Lipinski definition) is 4. The van der Waals surface area contributed by atoms with Gasteiger partial charge in [0.05, 0.1) is 23.8 Å². The zero-order chi connectivity index (χ0) is 13.8. The number of aromatic nitrogens is 2. The van der Waals surface area contributed by atoms with E-state index in [0.717, 1.165) is 36.2 Å². The molecule has 1 saturated carbocycles. The second-order valence-electron chi connectivity index (χ2n) is 5.82. The van der Waals surface area contributed by atoms with Crippen LogP contribution in [0.4, 0.5) is 5.82 Å². The highest BCUT2D eigenvalue weighted by molar-refractivity contribution is 5.75. The van der Waals surface area contributed by atoms with Crippen LogP contribution in [0.1, 0.15) is 32.1 Å². The van der Waals surface area contributed by atoms with Gasteiger partial charge in [-0.1, -0.05) is 31.4 Å². The summed E-state index contributed by atoms with van der Waals surface area (Å²) in [4.78, 5) is 8.98. The molecule has 1 aromatic carbocycles. The van der Waals surface area contributed by atoms with Gasteiger partial charge in [-0.05, 0) is 25.0 Å². The van der Waals surface area contributed by atoms with Crippen LogP contribution in [0.25, 0.3) is 11.0 Å². The normalized spacial score (nSPS) is 18.1. The lowest BCUT2D eigenvalue weighted by atomic mass is 9.74. The van der Waals surface area contributed by atoms with Crippen LogP contribution < -0.4 is 5.32 Å². The first-order chi connectivity index (χ1) is 9.81. The lowest BCUT2D eigenvalue weighted by Crippen LogP contribution is -2.35. The molecule has 20 heavy (non-hydrogen) atoms. The zero-order valence-electron chi connectivity index (χ0n) is 11.7.